The number of halogens is 3. The highest BCUT2D eigenvalue weighted by molar-refractivity contribution is 5.18. The highest BCUT2D eigenvalue weighted by atomic mass is 19.4. The molecule has 0 aliphatic heterocycles. The first-order valence-corrected chi connectivity index (χ1v) is 4.43. The lowest BCUT2D eigenvalue weighted by Crippen LogP contribution is -2.09. The Kier molecular flexibility index (Phi) is 2.25. The molecule has 0 radical (unpaired) electrons. The van der Waals surface area contributed by atoms with E-state index in [2.05, 4.69) is 0 Å². The molecular formula is C10H15F3. The molecule has 1 saturated carbocycles. The van der Waals surface area contributed by atoms with Gasteiger partial charge in [0, 0.05) is 5.57 Å². The van der Waals surface area contributed by atoms with Crippen LogP contribution in [0.1, 0.15) is 27.7 Å². The van der Waals surface area contributed by atoms with Gasteiger partial charge in [-0.1, -0.05) is 26.8 Å². The molecule has 2 atom stereocenters. The zero-order chi connectivity index (χ0) is 10.4. The smallest absolute Gasteiger partial charge is 0.167 e. The first-order chi connectivity index (χ1) is 5.67. The van der Waals surface area contributed by atoms with Gasteiger partial charge in [0.15, 0.2) is 0 Å². The molecule has 0 bridgehead atoms. The van der Waals surface area contributed by atoms with Crippen LogP contribution in [0.3, 0.4) is 0 Å². The van der Waals surface area contributed by atoms with E-state index in [0.29, 0.717) is 5.92 Å². The molecule has 1 fully saturated rings. The van der Waals surface area contributed by atoms with E-state index in [1.165, 1.54) is 6.08 Å². The second-order valence-electron chi connectivity index (χ2n) is 4.48. The fraction of sp³-hybridized carbons (Fsp3) is 0.800. The van der Waals surface area contributed by atoms with Gasteiger partial charge in [0.05, 0.1) is 0 Å². The maximum atomic E-state index is 12.1. The summed E-state index contributed by atoms with van der Waals surface area (Å²) in [5.74, 6) is 0.457. The van der Waals surface area contributed by atoms with E-state index in [4.69, 9.17) is 0 Å². The largest absolute Gasteiger partial charge is 0.412 e. The van der Waals surface area contributed by atoms with Crippen molar-refractivity contribution in [3.8, 4) is 0 Å². The normalized spacial score (nSPS) is 33.3. The number of hydrogen-bond donors (Lipinski definition) is 0. The third-order valence-electron chi connectivity index (χ3n) is 3.34. The molecule has 0 aromatic heterocycles. The Labute approximate surface area is 76.8 Å². The Morgan fingerprint density at radius 1 is 1.31 bits per heavy atom. The quantitative estimate of drug-likeness (QED) is 0.554. The Balaban J connectivity index is 2.70. The average molecular weight is 192 g/mol. The maximum Gasteiger partial charge on any atom is 0.412 e. The van der Waals surface area contributed by atoms with Crippen molar-refractivity contribution in [1.29, 1.82) is 0 Å². The van der Waals surface area contributed by atoms with Crippen molar-refractivity contribution in [3.63, 3.8) is 0 Å². The maximum absolute atomic E-state index is 12.1. The van der Waals surface area contributed by atoms with Crippen molar-refractivity contribution >= 4 is 0 Å². The number of allylic oxidation sites excluding steroid dienone is 2. The van der Waals surface area contributed by atoms with Crippen molar-refractivity contribution in [2.24, 2.45) is 17.3 Å². The lowest BCUT2D eigenvalue weighted by Gasteiger charge is -2.06. The molecule has 0 spiro atoms. The number of alkyl halides is 3. The van der Waals surface area contributed by atoms with Crippen LogP contribution >= 0.6 is 0 Å². The van der Waals surface area contributed by atoms with Crippen LogP contribution in [0.25, 0.3) is 0 Å². The van der Waals surface area contributed by atoms with Gasteiger partial charge in [-0.05, 0) is 24.2 Å². The molecule has 76 valence electrons. The van der Waals surface area contributed by atoms with E-state index < -0.39 is 11.7 Å². The molecular weight excluding hydrogens is 177 g/mol. The van der Waals surface area contributed by atoms with Crippen molar-refractivity contribution in [2.45, 2.75) is 33.9 Å². The minimum Gasteiger partial charge on any atom is -0.167 e. The van der Waals surface area contributed by atoms with Crippen LogP contribution in [-0.2, 0) is 0 Å². The molecule has 1 aliphatic carbocycles. The van der Waals surface area contributed by atoms with Gasteiger partial charge in [0.25, 0.3) is 0 Å². The fourth-order valence-corrected chi connectivity index (χ4v) is 1.66. The zero-order valence-corrected chi connectivity index (χ0v) is 8.37. The molecule has 0 heterocycles. The summed E-state index contributed by atoms with van der Waals surface area (Å²) >= 11 is 0. The van der Waals surface area contributed by atoms with E-state index in [1.807, 2.05) is 20.8 Å². The van der Waals surface area contributed by atoms with Gasteiger partial charge < -0.3 is 0 Å². The summed E-state index contributed by atoms with van der Waals surface area (Å²) in [6.07, 6.45) is -2.79. The molecule has 0 aromatic carbocycles. The Bertz CT molecular complexity index is 235. The topological polar surface area (TPSA) is 0 Å². The van der Waals surface area contributed by atoms with Crippen LogP contribution in [0, 0.1) is 17.3 Å². The molecule has 2 unspecified atom stereocenters. The minimum atomic E-state index is -4.15. The second-order valence-corrected chi connectivity index (χ2v) is 4.48. The second kappa shape index (κ2) is 2.76. The van der Waals surface area contributed by atoms with Crippen molar-refractivity contribution < 1.29 is 13.2 Å². The van der Waals surface area contributed by atoms with Gasteiger partial charge in [-0.2, -0.15) is 13.2 Å². The molecule has 13 heavy (non-hydrogen) atoms. The highest BCUT2D eigenvalue weighted by Gasteiger charge is 2.53. The molecule has 0 saturated heterocycles. The number of hydrogen-bond acceptors (Lipinski definition) is 0. The van der Waals surface area contributed by atoms with Crippen LogP contribution < -0.4 is 0 Å². The molecule has 3 heteroatoms. The number of rotatable bonds is 1. The highest BCUT2D eigenvalue weighted by Crippen LogP contribution is 2.59. The summed E-state index contributed by atoms with van der Waals surface area (Å²) < 4.78 is 36.4. The van der Waals surface area contributed by atoms with E-state index in [0.717, 1.165) is 6.92 Å². The van der Waals surface area contributed by atoms with Gasteiger partial charge in [-0.15, -0.1) is 0 Å². The van der Waals surface area contributed by atoms with Gasteiger partial charge in [0.2, 0.25) is 0 Å². The van der Waals surface area contributed by atoms with Crippen LogP contribution in [0.4, 0.5) is 13.2 Å². The van der Waals surface area contributed by atoms with Crippen molar-refractivity contribution in [2.75, 3.05) is 0 Å². The lowest BCUT2D eigenvalue weighted by atomic mass is 10.1. The summed E-state index contributed by atoms with van der Waals surface area (Å²) in [5, 5.41) is 0. The third kappa shape index (κ3) is 1.89. The predicted molar refractivity (Wildman–Crippen MR) is 46.2 cm³/mol. The van der Waals surface area contributed by atoms with Crippen LogP contribution in [0.2, 0.25) is 0 Å². The van der Waals surface area contributed by atoms with Gasteiger partial charge >= 0.3 is 6.18 Å². The van der Waals surface area contributed by atoms with Crippen LogP contribution in [0.5, 0.6) is 0 Å². The van der Waals surface area contributed by atoms with E-state index in [9.17, 15) is 13.2 Å². The third-order valence-corrected chi connectivity index (χ3v) is 3.34. The molecule has 1 rings (SSSR count). The molecule has 0 amide bonds. The summed E-state index contributed by atoms with van der Waals surface area (Å²) in [4.78, 5) is 0. The predicted octanol–water partition coefficient (Wildman–Crippen LogP) is 3.79. The molecule has 0 N–H and O–H groups in total. The van der Waals surface area contributed by atoms with Crippen molar-refractivity contribution in [1.82, 2.24) is 0 Å². The zero-order valence-electron chi connectivity index (χ0n) is 8.37. The Hall–Kier alpha value is -0.470. The monoisotopic (exact) mass is 192 g/mol. The SMILES string of the molecule is C/C(=C/C1C(C)C1(C)C)C(F)(F)F. The summed E-state index contributed by atoms with van der Waals surface area (Å²) in [7, 11) is 0. The van der Waals surface area contributed by atoms with Crippen LogP contribution in [0.15, 0.2) is 11.6 Å². The van der Waals surface area contributed by atoms with Gasteiger partial charge in [-0.3, -0.25) is 0 Å². The standard InChI is InChI=1S/C10H15F3/c1-6(10(11,12)13)5-8-7(2)9(8,3)4/h5,7-8H,1-4H3/b6-5-. The van der Waals surface area contributed by atoms with Gasteiger partial charge in [0.1, 0.15) is 0 Å². The minimum absolute atomic E-state index is 0.0481. The molecule has 0 aromatic rings. The molecule has 0 nitrogen and oxygen atoms in total. The molecule has 1 aliphatic rings. The summed E-state index contributed by atoms with van der Waals surface area (Å²) in [6, 6.07) is 0. The van der Waals surface area contributed by atoms with Crippen molar-refractivity contribution in [3.05, 3.63) is 11.6 Å². The lowest BCUT2D eigenvalue weighted by molar-refractivity contribution is -0.0917. The van der Waals surface area contributed by atoms with E-state index in [-0.39, 0.29) is 11.3 Å². The Morgan fingerprint density at radius 3 is 1.92 bits per heavy atom. The van der Waals surface area contributed by atoms with E-state index in [1.54, 1.807) is 0 Å². The fourth-order valence-electron chi connectivity index (χ4n) is 1.66. The summed E-state index contributed by atoms with van der Waals surface area (Å²) in [5.41, 5.74) is -0.415. The Morgan fingerprint density at radius 2 is 1.69 bits per heavy atom. The average Bonchev–Trinajstić information content (AvgIpc) is 2.36. The first-order valence-electron chi connectivity index (χ1n) is 4.43. The van der Waals surface area contributed by atoms with Gasteiger partial charge in [-0.25, -0.2) is 0 Å². The van der Waals surface area contributed by atoms with E-state index >= 15 is 0 Å². The summed E-state index contributed by atoms with van der Waals surface area (Å²) in [6.45, 7) is 7.14. The van der Waals surface area contributed by atoms with Crippen LogP contribution in [-0.4, -0.2) is 6.18 Å². The first kappa shape index (κ1) is 10.6.